The molecule has 1 aliphatic rings. The molecule has 0 aromatic rings. The van der Waals surface area contributed by atoms with Gasteiger partial charge in [0.1, 0.15) is 0 Å². The van der Waals surface area contributed by atoms with Gasteiger partial charge in [0.05, 0.1) is 6.42 Å². The van der Waals surface area contributed by atoms with E-state index in [0.717, 1.165) is 12.8 Å². The first-order valence-electron chi connectivity index (χ1n) is 6.04. The Hall–Kier alpha value is -1.32. The summed E-state index contributed by atoms with van der Waals surface area (Å²) in [5.74, 6) is -0.864. The van der Waals surface area contributed by atoms with Crippen LogP contribution >= 0.6 is 0 Å². The second kappa shape index (κ2) is 5.34. The van der Waals surface area contributed by atoms with E-state index in [-0.39, 0.29) is 24.2 Å². The zero-order valence-electron chi connectivity index (χ0n) is 10.7. The molecule has 1 amide bonds. The molecule has 0 bridgehead atoms. The lowest BCUT2D eigenvalue weighted by Crippen LogP contribution is -2.52. The second-order valence-electron chi connectivity index (χ2n) is 5.27. The van der Waals surface area contributed by atoms with Crippen LogP contribution in [0.4, 0.5) is 0 Å². The maximum Gasteiger partial charge on any atom is 0.305 e. The fourth-order valence-electron chi connectivity index (χ4n) is 1.92. The molecule has 1 unspecified atom stereocenters. The van der Waals surface area contributed by atoms with Crippen molar-refractivity contribution in [2.24, 2.45) is 11.8 Å². The molecule has 4 heteroatoms. The van der Waals surface area contributed by atoms with Crippen molar-refractivity contribution < 1.29 is 14.7 Å². The van der Waals surface area contributed by atoms with Gasteiger partial charge in [-0.3, -0.25) is 9.59 Å². The molecule has 2 N–H and O–H groups in total. The molecule has 1 rings (SSSR count). The predicted octanol–water partition coefficient (Wildman–Crippen LogP) is 1.96. The van der Waals surface area contributed by atoms with Crippen LogP contribution in [0.1, 0.15) is 40.0 Å². The van der Waals surface area contributed by atoms with E-state index in [1.165, 1.54) is 0 Å². The lowest BCUT2D eigenvalue weighted by molar-refractivity contribution is -0.139. The molecule has 1 aliphatic carbocycles. The van der Waals surface area contributed by atoms with Crippen LogP contribution in [0.15, 0.2) is 12.2 Å². The monoisotopic (exact) mass is 239 g/mol. The van der Waals surface area contributed by atoms with E-state index in [1.54, 1.807) is 6.92 Å². The van der Waals surface area contributed by atoms with Crippen molar-refractivity contribution in [3.8, 4) is 0 Å². The molecule has 96 valence electrons. The van der Waals surface area contributed by atoms with Gasteiger partial charge in [-0.05, 0) is 25.7 Å². The smallest absolute Gasteiger partial charge is 0.305 e. The van der Waals surface area contributed by atoms with Crippen molar-refractivity contribution in [2.75, 3.05) is 0 Å². The third-order valence-electron chi connectivity index (χ3n) is 3.58. The fraction of sp³-hybridized carbons (Fsp3) is 0.692. The molecule has 0 fully saturated rings. The van der Waals surface area contributed by atoms with Gasteiger partial charge in [-0.15, -0.1) is 0 Å². The average Bonchev–Trinajstić information content (AvgIpc) is 2.68. The highest BCUT2D eigenvalue weighted by atomic mass is 16.4. The molecule has 0 heterocycles. The topological polar surface area (TPSA) is 66.4 Å². The number of nitrogens with one attached hydrogen (secondary N) is 1. The number of allylic oxidation sites excluding steroid dienone is 2. The van der Waals surface area contributed by atoms with Crippen molar-refractivity contribution in [3.63, 3.8) is 0 Å². The first-order valence-corrected chi connectivity index (χ1v) is 6.04. The van der Waals surface area contributed by atoms with Crippen LogP contribution in [0, 0.1) is 11.8 Å². The summed E-state index contributed by atoms with van der Waals surface area (Å²) in [6.45, 7) is 5.65. The third kappa shape index (κ3) is 3.58. The number of amides is 1. The van der Waals surface area contributed by atoms with Crippen molar-refractivity contribution in [1.29, 1.82) is 0 Å². The van der Waals surface area contributed by atoms with Crippen molar-refractivity contribution in [1.82, 2.24) is 5.32 Å². The Balaban J connectivity index is 2.65. The summed E-state index contributed by atoms with van der Waals surface area (Å²) >= 11 is 0. The molecule has 17 heavy (non-hydrogen) atoms. The lowest BCUT2D eigenvalue weighted by Gasteiger charge is -2.34. The Labute approximate surface area is 102 Å². The van der Waals surface area contributed by atoms with Crippen molar-refractivity contribution >= 4 is 11.9 Å². The molecule has 0 saturated carbocycles. The van der Waals surface area contributed by atoms with E-state index in [9.17, 15) is 9.59 Å². The quantitative estimate of drug-likeness (QED) is 0.721. The highest BCUT2D eigenvalue weighted by Gasteiger charge is 2.34. The Morgan fingerprint density at radius 3 is 2.35 bits per heavy atom. The average molecular weight is 239 g/mol. The zero-order valence-corrected chi connectivity index (χ0v) is 10.7. The molecule has 0 spiro atoms. The zero-order chi connectivity index (χ0) is 13.1. The molecular formula is C13H21NO3. The fourth-order valence-corrected chi connectivity index (χ4v) is 1.92. The van der Waals surface area contributed by atoms with Crippen molar-refractivity contribution in [3.05, 3.63) is 12.2 Å². The molecule has 0 aliphatic heterocycles. The third-order valence-corrected chi connectivity index (χ3v) is 3.58. The van der Waals surface area contributed by atoms with Gasteiger partial charge in [-0.1, -0.05) is 26.0 Å². The standard InChI is InChI=1S/C13H21NO3/c1-9(2)13(3,8-11(15)16)14-12(17)10-6-4-5-7-10/h4-5,9-10H,6-8H2,1-3H3,(H,14,17)(H,15,16). The van der Waals surface area contributed by atoms with E-state index in [0.29, 0.717) is 0 Å². The van der Waals surface area contributed by atoms with Gasteiger partial charge >= 0.3 is 5.97 Å². The summed E-state index contributed by atoms with van der Waals surface area (Å²) in [7, 11) is 0. The van der Waals surface area contributed by atoms with E-state index in [1.807, 2.05) is 26.0 Å². The van der Waals surface area contributed by atoms with Gasteiger partial charge in [0.2, 0.25) is 5.91 Å². The summed E-state index contributed by atoms with van der Waals surface area (Å²) in [5, 5.41) is 11.8. The first kappa shape index (κ1) is 13.7. The van der Waals surface area contributed by atoms with Gasteiger partial charge < -0.3 is 10.4 Å². The van der Waals surface area contributed by atoms with Gasteiger partial charge in [0.15, 0.2) is 0 Å². The summed E-state index contributed by atoms with van der Waals surface area (Å²) in [4.78, 5) is 22.9. The maximum absolute atomic E-state index is 12.0. The number of carbonyl (C=O) groups is 2. The Morgan fingerprint density at radius 2 is 1.94 bits per heavy atom. The van der Waals surface area contributed by atoms with E-state index in [2.05, 4.69) is 5.32 Å². The summed E-state index contributed by atoms with van der Waals surface area (Å²) in [6.07, 6.45) is 5.46. The normalized spacial score (nSPS) is 19.3. The van der Waals surface area contributed by atoms with Gasteiger partial charge in [0, 0.05) is 11.5 Å². The van der Waals surface area contributed by atoms with E-state index >= 15 is 0 Å². The van der Waals surface area contributed by atoms with E-state index in [4.69, 9.17) is 5.11 Å². The second-order valence-corrected chi connectivity index (χ2v) is 5.27. The molecule has 0 saturated heterocycles. The number of hydrogen-bond donors (Lipinski definition) is 2. The number of hydrogen-bond acceptors (Lipinski definition) is 2. The molecular weight excluding hydrogens is 218 g/mol. The summed E-state index contributed by atoms with van der Waals surface area (Å²) in [6, 6.07) is 0. The minimum atomic E-state index is -0.883. The van der Waals surface area contributed by atoms with Crippen LogP contribution < -0.4 is 5.32 Å². The summed E-state index contributed by atoms with van der Waals surface area (Å²) < 4.78 is 0. The van der Waals surface area contributed by atoms with Crippen LogP contribution in [-0.4, -0.2) is 22.5 Å². The van der Waals surface area contributed by atoms with Crippen LogP contribution in [0.5, 0.6) is 0 Å². The van der Waals surface area contributed by atoms with Gasteiger partial charge in [-0.2, -0.15) is 0 Å². The Bertz CT molecular complexity index is 328. The summed E-state index contributed by atoms with van der Waals surface area (Å²) in [5.41, 5.74) is -0.675. The highest BCUT2D eigenvalue weighted by Crippen LogP contribution is 2.24. The molecule has 1 atom stereocenters. The number of carboxylic acid groups (broad SMARTS) is 1. The van der Waals surface area contributed by atoms with Crippen LogP contribution in [0.3, 0.4) is 0 Å². The van der Waals surface area contributed by atoms with Gasteiger partial charge in [0.25, 0.3) is 0 Å². The number of aliphatic carboxylic acids is 1. The Morgan fingerprint density at radius 1 is 1.41 bits per heavy atom. The van der Waals surface area contributed by atoms with Crippen LogP contribution in [0.25, 0.3) is 0 Å². The molecule has 0 aromatic carbocycles. The number of carbonyl (C=O) groups excluding carboxylic acids is 1. The van der Waals surface area contributed by atoms with Crippen molar-refractivity contribution in [2.45, 2.75) is 45.6 Å². The lowest BCUT2D eigenvalue weighted by atomic mass is 9.84. The largest absolute Gasteiger partial charge is 0.481 e. The predicted molar refractivity (Wildman–Crippen MR) is 65.5 cm³/mol. The first-order chi connectivity index (χ1) is 7.85. The minimum Gasteiger partial charge on any atom is -0.481 e. The van der Waals surface area contributed by atoms with Crippen LogP contribution in [0.2, 0.25) is 0 Å². The highest BCUT2D eigenvalue weighted by molar-refractivity contribution is 5.81. The van der Waals surface area contributed by atoms with Crippen LogP contribution in [-0.2, 0) is 9.59 Å². The molecule has 0 radical (unpaired) electrons. The maximum atomic E-state index is 12.0. The molecule has 0 aromatic heterocycles. The molecule has 4 nitrogen and oxygen atoms in total. The van der Waals surface area contributed by atoms with Gasteiger partial charge in [-0.25, -0.2) is 0 Å². The number of carboxylic acids is 1. The number of rotatable bonds is 5. The Kier molecular flexibility index (Phi) is 4.32. The minimum absolute atomic E-state index is 0.0260. The SMILES string of the molecule is CC(C)C(C)(CC(=O)O)NC(=O)C1CC=CC1. The van der Waals surface area contributed by atoms with E-state index < -0.39 is 11.5 Å².